The quantitative estimate of drug-likeness (QED) is 0.706. The van der Waals surface area contributed by atoms with Crippen LogP contribution in [0.25, 0.3) is 11.1 Å². The Labute approximate surface area is 149 Å². The van der Waals surface area contributed by atoms with Crippen molar-refractivity contribution in [2.45, 2.75) is 34.1 Å². The number of hydrogen-bond donors (Lipinski definition) is 1. The van der Waals surface area contributed by atoms with Gasteiger partial charge in [-0.1, -0.05) is 26.0 Å². The molecular weight excluding hydrogens is 308 g/mol. The molecule has 0 saturated carbocycles. The van der Waals surface area contributed by atoms with Gasteiger partial charge in [-0.25, -0.2) is 9.97 Å². The van der Waals surface area contributed by atoms with E-state index in [4.69, 9.17) is 0 Å². The Balaban J connectivity index is 1.72. The molecule has 3 aromatic rings. The fourth-order valence-corrected chi connectivity index (χ4v) is 2.87. The molecule has 0 fully saturated rings. The van der Waals surface area contributed by atoms with E-state index < -0.39 is 0 Å². The van der Waals surface area contributed by atoms with Crippen LogP contribution >= 0.6 is 0 Å². The highest BCUT2D eigenvalue weighted by molar-refractivity contribution is 5.63. The minimum atomic E-state index is 0.600. The Morgan fingerprint density at radius 1 is 0.880 bits per heavy atom. The summed E-state index contributed by atoms with van der Waals surface area (Å²) in [5.74, 6) is 1.26. The zero-order chi connectivity index (χ0) is 17.8. The molecule has 0 aliphatic heterocycles. The number of anilines is 2. The zero-order valence-electron chi connectivity index (χ0n) is 15.2. The van der Waals surface area contributed by atoms with E-state index in [-0.39, 0.29) is 0 Å². The van der Waals surface area contributed by atoms with Crippen molar-refractivity contribution in [3.05, 3.63) is 65.7 Å². The van der Waals surface area contributed by atoms with Gasteiger partial charge in [-0.05, 0) is 61.6 Å². The minimum Gasteiger partial charge on any atom is -0.324 e. The molecule has 4 nitrogen and oxygen atoms in total. The summed E-state index contributed by atoms with van der Waals surface area (Å²) in [6, 6.07) is 12.5. The summed E-state index contributed by atoms with van der Waals surface area (Å²) in [6.07, 6.45) is 4.78. The van der Waals surface area contributed by atoms with Crippen LogP contribution in [0, 0.1) is 19.8 Å². The molecule has 0 saturated heterocycles. The highest BCUT2D eigenvalue weighted by Crippen LogP contribution is 2.21. The SMILES string of the molecule is Cc1cc(-c2cnc(Nc3ccc(CC(C)C)cc3)nc2)cc(C)n1. The number of pyridine rings is 1. The van der Waals surface area contributed by atoms with E-state index in [1.807, 2.05) is 38.4 Å². The van der Waals surface area contributed by atoms with E-state index in [0.717, 1.165) is 34.6 Å². The third kappa shape index (κ3) is 4.63. The van der Waals surface area contributed by atoms with Gasteiger partial charge in [0.15, 0.2) is 0 Å². The predicted octanol–water partition coefficient (Wildman–Crippen LogP) is 5.10. The standard InChI is InChI=1S/C21H24N4/c1-14(2)9-17-5-7-20(8-6-17)25-21-22-12-19(13-23-21)18-10-15(3)24-16(4)11-18/h5-8,10-14H,9H2,1-4H3,(H,22,23,25). The highest BCUT2D eigenvalue weighted by Gasteiger charge is 2.04. The van der Waals surface area contributed by atoms with E-state index in [0.29, 0.717) is 11.9 Å². The van der Waals surface area contributed by atoms with Crippen molar-refractivity contribution in [2.24, 2.45) is 5.92 Å². The van der Waals surface area contributed by atoms with Crippen LogP contribution < -0.4 is 5.32 Å². The summed E-state index contributed by atoms with van der Waals surface area (Å²) in [5, 5.41) is 3.25. The van der Waals surface area contributed by atoms with Crippen LogP contribution in [-0.2, 0) is 6.42 Å². The van der Waals surface area contributed by atoms with Gasteiger partial charge < -0.3 is 5.32 Å². The van der Waals surface area contributed by atoms with E-state index in [1.165, 1.54) is 5.56 Å². The van der Waals surface area contributed by atoms with E-state index in [1.54, 1.807) is 0 Å². The Kier molecular flexibility index (Phi) is 5.08. The molecule has 2 heterocycles. The second kappa shape index (κ2) is 7.43. The molecule has 0 radical (unpaired) electrons. The first-order valence-corrected chi connectivity index (χ1v) is 8.63. The summed E-state index contributed by atoms with van der Waals surface area (Å²) in [4.78, 5) is 13.3. The third-order valence-electron chi connectivity index (χ3n) is 3.92. The number of nitrogens with zero attached hydrogens (tertiary/aromatic N) is 3. The lowest BCUT2D eigenvalue weighted by Crippen LogP contribution is -1.98. The molecule has 25 heavy (non-hydrogen) atoms. The zero-order valence-corrected chi connectivity index (χ0v) is 15.2. The maximum Gasteiger partial charge on any atom is 0.227 e. The molecule has 0 spiro atoms. The largest absolute Gasteiger partial charge is 0.324 e. The van der Waals surface area contributed by atoms with Crippen LogP contribution in [0.1, 0.15) is 30.8 Å². The predicted molar refractivity (Wildman–Crippen MR) is 103 cm³/mol. The van der Waals surface area contributed by atoms with Gasteiger partial charge in [-0.15, -0.1) is 0 Å². The smallest absolute Gasteiger partial charge is 0.227 e. The molecule has 3 rings (SSSR count). The minimum absolute atomic E-state index is 0.600. The van der Waals surface area contributed by atoms with E-state index in [2.05, 4.69) is 58.4 Å². The van der Waals surface area contributed by atoms with Crippen LogP contribution in [0.4, 0.5) is 11.6 Å². The fourth-order valence-electron chi connectivity index (χ4n) is 2.87. The maximum absolute atomic E-state index is 4.44. The molecule has 4 heteroatoms. The van der Waals surface area contributed by atoms with Gasteiger partial charge in [0.2, 0.25) is 5.95 Å². The normalized spacial score (nSPS) is 10.9. The molecule has 0 aliphatic carbocycles. The Hall–Kier alpha value is -2.75. The van der Waals surface area contributed by atoms with Crippen molar-refractivity contribution in [3.63, 3.8) is 0 Å². The number of aryl methyl sites for hydroxylation is 2. The lowest BCUT2D eigenvalue weighted by molar-refractivity contribution is 0.647. The molecular formula is C21H24N4. The first-order chi connectivity index (χ1) is 12.0. The van der Waals surface area contributed by atoms with Crippen molar-refractivity contribution in [2.75, 3.05) is 5.32 Å². The van der Waals surface area contributed by atoms with Gasteiger partial charge in [0, 0.05) is 35.0 Å². The van der Waals surface area contributed by atoms with Crippen LogP contribution in [0.5, 0.6) is 0 Å². The van der Waals surface area contributed by atoms with Gasteiger partial charge in [-0.2, -0.15) is 0 Å². The number of hydrogen-bond acceptors (Lipinski definition) is 4. The second-order valence-corrected chi connectivity index (χ2v) is 6.85. The highest BCUT2D eigenvalue weighted by atomic mass is 15.1. The first kappa shape index (κ1) is 17.1. The van der Waals surface area contributed by atoms with Gasteiger partial charge in [0.05, 0.1) is 0 Å². The van der Waals surface area contributed by atoms with Gasteiger partial charge >= 0.3 is 0 Å². The van der Waals surface area contributed by atoms with Crippen LogP contribution in [0.15, 0.2) is 48.8 Å². The van der Waals surface area contributed by atoms with Crippen molar-refractivity contribution in [1.82, 2.24) is 15.0 Å². The number of aromatic nitrogens is 3. The second-order valence-electron chi connectivity index (χ2n) is 6.85. The monoisotopic (exact) mass is 332 g/mol. The fraction of sp³-hybridized carbons (Fsp3) is 0.286. The molecule has 1 N–H and O–H groups in total. The number of benzene rings is 1. The topological polar surface area (TPSA) is 50.7 Å². The summed E-state index contributed by atoms with van der Waals surface area (Å²) in [7, 11) is 0. The molecule has 0 bridgehead atoms. The third-order valence-corrected chi connectivity index (χ3v) is 3.92. The lowest BCUT2D eigenvalue weighted by Gasteiger charge is -2.09. The van der Waals surface area contributed by atoms with Gasteiger partial charge in [-0.3, -0.25) is 4.98 Å². The van der Waals surface area contributed by atoms with E-state index in [9.17, 15) is 0 Å². The van der Waals surface area contributed by atoms with Gasteiger partial charge in [0.1, 0.15) is 0 Å². The Morgan fingerprint density at radius 2 is 1.48 bits per heavy atom. The van der Waals surface area contributed by atoms with Crippen molar-refractivity contribution in [1.29, 1.82) is 0 Å². The summed E-state index contributed by atoms with van der Waals surface area (Å²) >= 11 is 0. The van der Waals surface area contributed by atoms with Crippen LogP contribution in [0.3, 0.4) is 0 Å². The van der Waals surface area contributed by atoms with Crippen molar-refractivity contribution >= 4 is 11.6 Å². The number of rotatable bonds is 5. The summed E-state index contributed by atoms with van der Waals surface area (Å²) < 4.78 is 0. The molecule has 128 valence electrons. The molecule has 2 aromatic heterocycles. The van der Waals surface area contributed by atoms with Crippen LogP contribution in [-0.4, -0.2) is 15.0 Å². The van der Waals surface area contributed by atoms with Crippen LogP contribution in [0.2, 0.25) is 0 Å². The number of nitrogens with one attached hydrogen (secondary N) is 1. The first-order valence-electron chi connectivity index (χ1n) is 8.63. The van der Waals surface area contributed by atoms with Gasteiger partial charge in [0.25, 0.3) is 0 Å². The summed E-state index contributed by atoms with van der Waals surface area (Å²) in [5.41, 5.74) is 6.43. The average Bonchev–Trinajstić information content (AvgIpc) is 2.56. The molecule has 0 unspecified atom stereocenters. The van der Waals surface area contributed by atoms with Crippen molar-refractivity contribution in [3.8, 4) is 11.1 Å². The van der Waals surface area contributed by atoms with E-state index >= 15 is 0 Å². The molecule has 1 aromatic carbocycles. The molecule has 0 atom stereocenters. The Morgan fingerprint density at radius 3 is 2.04 bits per heavy atom. The Bertz CT molecular complexity index is 817. The molecule has 0 aliphatic rings. The van der Waals surface area contributed by atoms with Crippen molar-refractivity contribution < 1.29 is 0 Å². The lowest BCUT2D eigenvalue weighted by atomic mass is 10.0. The summed E-state index contributed by atoms with van der Waals surface area (Å²) in [6.45, 7) is 8.45. The molecule has 0 amide bonds. The average molecular weight is 332 g/mol. The maximum atomic E-state index is 4.44.